The highest BCUT2D eigenvalue weighted by Gasteiger charge is 2.18. The molecule has 0 aromatic heterocycles. The van der Waals surface area contributed by atoms with Crippen LogP contribution in [0.5, 0.6) is 0 Å². The summed E-state index contributed by atoms with van der Waals surface area (Å²) >= 11 is 0. The summed E-state index contributed by atoms with van der Waals surface area (Å²) in [5.74, 6) is -0.199. The molecule has 0 amide bonds. The number of hydrogen-bond donors (Lipinski definition) is 1. The van der Waals surface area contributed by atoms with Gasteiger partial charge in [-0.1, -0.05) is 19.1 Å². The van der Waals surface area contributed by atoms with Crippen LogP contribution in [0.1, 0.15) is 24.9 Å². The van der Waals surface area contributed by atoms with Crippen molar-refractivity contribution in [1.82, 2.24) is 9.80 Å². The van der Waals surface area contributed by atoms with E-state index in [1.165, 1.54) is 12.1 Å². The Kier molecular flexibility index (Phi) is 6.99. The first kappa shape index (κ1) is 16.1. The summed E-state index contributed by atoms with van der Waals surface area (Å²) in [7, 11) is 4.14. The summed E-state index contributed by atoms with van der Waals surface area (Å²) < 4.78 is 13.0. The van der Waals surface area contributed by atoms with Gasteiger partial charge in [0.25, 0.3) is 0 Å². The van der Waals surface area contributed by atoms with E-state index in [2.05, 4.69) is 30.8 Å². The Morgan fingerprint density at radius 1 is 1.11 bits per heavy atom. The minimum absolute atomic E-state index is 0.167. The number of likely N-dealkylation sites (N-methyl/N-ethyl adjacent to an activating group) is 1. The van der Waals surface area contributed by atoms with E-state index >= 15 is 0 Å². The van der Waals surface area contributed by atoms with Crippen molar-refractivity contribution in [2.75, 3.05) is 40.3 Å². The van der Waals surface area contributed by atoms with Crippen molar-refractivity contribution in [1.29, 1.82) is 0 Å². The van der Waals surface area contributed by atoms with Crippen LogP contribution in [0.4, 0.5) is 4.39 Å². The molecule has 4 heteroatoms. The van der Waals surface area contributed by atoms with Crippen LogP contribution in [-0.4, -0.2) is 50.1 Å². The molecule has 3 nitrogen and oxygen atoms in total. The molecule has 1 atom stereocenters. The fraction of sp³-hybridized carbons (Fsp3) is 0.600. The normalized spacial score (nSPS) is 13.2. The molecule has 2 N–H and O–H groups in total. The zero-order chi connectivity index (χ0) is 14.3. The lowest BCUT2D eigenvalue weighted by atomic mass is 10.0. The average molecular weight is 267 g/mol. The van der Waals surface area contributed by atoms with Crippen molar-refractivity contribution in [2.45, 2.75) is 19.4 Å². The molecule has 0 aliphatic heterocycles. The number of halogens is 1. The molecule has 0 heterocycles. The smallest absolute Gasteiger partial charge is 0.123 e. The van der Waals surface area contributed by atoms with Gasteiger partial charge < -0.3 is 10.6 Å². The topological polar surface area (TPSA) is 32.5 Å². The quantitative estimate of drug-likeness (QED) is 0.783. The van der Waals surface area contributed by atoms with Crippen molar-refractivity contribution in [2.24, 2.45) is 5.73 Å². The van der Waals surface area contributed by atoms with Gasteiger partial charge in [-0.25, -0.2) is 4.39 Å². The molecule has 1 aromatic carbocycles. The third-order valence-electron chi connectivity index (χ3n) is 3.26. The molecule has 1 unspecified atom stereocenters. The monoisotopic (exact) mass is 267 g/mol. The van der Waals surface area contributed by atoms with Crippen molar-refractivity contribution in [3.05, 3.63) is 35.6 Å². The first-order chi connectivity index (χ1) is 9.08. The summed E-state index contributed by atoms with van der Waals surface area (Å²) in [4.78, 5) is 4.55. The highest BCUT2D eigenvalue weighted by atomic mass is 19.1. The molecular formula is C15H26FN3. The Balaban J connectivity index is 2.79. The lowest BCUT2D eigenvalue weighted by Crippen LogP contribution is -2.38. The van der Waals surface area contributed by atoms with E-state index in [-0.39, 0.29) is 11.9 Å². The molecule has 1 aromatic rings. The van der Waals surface area contributed by atoms with Crippen LogP contribution in [0.15, 0.2) is 24.3 Å². The zero-order valence-electron chi connectivity index (χ0n) is 12.3. The predicted octanol–water partition coefficient (Wildman–Crippen LogP) is 2.10. The van der Waals surface area contributed by atoms with E-state index < -0.39 is 0 Å². The van der Waals surface area contributed by atoms with Crippen molar-refractivity contribution in [3.8, 4) is 0 Å². The molecule has 0 radical (unpaired) electrons. The summed E-state index contributed by atoms with van der Waals surface area (Å²) in [5.41, 5.74) is 7.02. The highest BCUT2D eigenvalue weighted by Crippen LogP contribution is 2.20. The Bertz CT molecular complexity index is 351. The zero-order valence-corrected chi connectivity index (χ0v) is 12.3. The molecule has 0 spiro atoms. The largest absolute Gasteiger partial charge is 0.329 e. The summed E-state index contributed by atoms with van der Waals surface area (Å²) in [6.07, 6.45) is 1.09. The van der Waals surface area contributed by atoms with E-state index in [4.69, 9.17) is 5.73 Å². The first-order valence-electron chi connectivity index (χ1n) is 6.92. The average Bonchev–Trinajstić information content (AvgIpc) is 2.38. The van der Waals surface area contributed by atoms with Gasteiger partial charge >= 0.3 is 0 Å². The molecule has 0 saturated carbocycles. The summed E-state index contributed by atoms with van der Waals surface area (Å²) in [6, 6.07) is 6.86. The van der Waals surface area contributed by atoms with Crippen LogP contribution in [0.2, 0.25) is 0 Å². The van der Waals surface area contributed by atoms with Crippen molar-refractivity contribution >= 4 is 0 Å². The fourth-order valence-corrected chi connectivity index (χ4v) is 2.22. The number of benzene rings is 1. The highest BCUT2D eigenvalue weighted by molar-refractivity contribution is 5.20. The maximum absolute atomic E-state index is 13.0. The maximum atomic E-state index is 13.0. The van der Waals surface area contributed by atoms with Crippen molar-refractivity contribution in [3.63, 3.8) is 0 Å². The predicted molar refractivity (Wildman–Crippen MR) is 78.6 cm³/mol. The fourth-order valence-electron chi connectivity index (χ4n) is 2.22. The van der Waals surface area contributed by atoms with Gasteiger partial charge in [0.2, 0.25) is 0 Å². The van der Waals surface area contributed by atoms with E-state index in [1.807, 2.05) is 12.1 Å². The lowest BCUT2D eigenvalue weighted by molar-refractivity contribution is 0.182. The van der Waals surface area contributed by atoms with E-state index in [0.29, 0.717) is 6.54 Å². The molecule has 0 aliphatic rings. The van der Waals surface area contributed by atoms with Gasteiger partial charge in [0.15, 0.2) is 0 Å². The molecule has 19 heavy (non-hydrogen) atoms. The molecule has 1 rings (SSSR count). The first-order valence-corrected chi connectivity index (χ1v) is 6.92. The summed E-state index contributed by atoms with van der Waals surface area (Å²) in [6.45, 7) is 5.70. The van der Waals surface area contributed by atoms with Gasteiger partial charge in [0, 0.05) is 25.7 Å². The Morgan fingerprint density at radius 3 is 2.21 bits per heavy atom. The second-order valence-electron chi connectivity index (χ2n) is 5.14. The Morgan fingerprint density at radius 2 is 1.74 bits per heavy atom. The second-order valence-corrected chi connectivity index (χ2v) is 5.14. The van der Waals surface area contributed by atoms with Gasteiger partial charge in [-0.05, 0) is 44.8 Å². The van der Waals surface area contributed by atoms with Gasteiger partial charge in [0.05, 0.1) is 0 Å². The van der Waals surface area contributed by atoms with Crippen LogP contribution >= 0.6 is 0 Å². The molecule has 108 valence electrons. The second kappa shape index (κ2) is 8.25. The Hall–Kier alpha value is -0.970. The molecule has 0 aliphatic carbocycles. The van der Waals surface area contributed by atoms with Crippen molar-refractivity contribution < 1.29 is 4.39 Å². The molecular weight excluding hydrogens is 241 g/mol. The summed E-state index contributed by atoms with van der Waals surface area (Å²) in [5, 5.41) is 0. The minimum Gasteiger partial charge on any atom is -0.329 e. The van der Waals surface area contributed by atoms with E-state index in [1.54, 1.807) is 0 Å². The van der Waals surface area contributed by atoms with Gasteiger partial charge in [-0.3, -0.25) is 4.90 Å². The van der Waals surface area contributed by atoms with Gasteiger partial charge in [0.1, 0.15) is 5.82 Å². The Labute approximate surface area is 116 Å². The third-order valence-corrected chi connectivity index (χ3v) is 3.26. The van der Waals surface area contributed by atoms with Gasteiger partial charge in [-0.2, -0.15) is 0 Å². The van der Waals surface area contributed by atoms with Crippen LogP contribution in [-0.2, 0) is 0 Å². The maximum Gasteiger partial charge on any atom is 0.123 e. The number of hydrogen-bond acceptors (Lipinski definition) is 3. The lowest BCUT2D eigenvalue weighted by Gasteiger charge is -2.32. The molecule has 0 bridgehead atoms. The molecule has 0 saturated heterocycles. The van der Waals surface area contributed by atoms with Crippen LogP contribution < -0.4 is 5.73 Å². The van der Waals surface area contributed by atoms with E-state index in [0.717, 1.165) is 31.6 Å². The van der Waals surface area contributed by atoms with E-state index in [9.17, 15) is 4.39 Å². The van der Waals surface area contributed by atoms with Crippen LogP contribution in [0.3, 0.4) is 0 Å². The number of nitrogens with two attached hydrogens (primary N) is 1. The SMILES string of the molecule is CCCN(CCN(C)C)C(CN)c1ccc(F)cc1. The minimum atomic E-state index is -0.199. The van der Waals surface area contributed by atoms with Gasteiger partial charge in [-0.15, -0.1) is 0 Å². The third kappa shape index (κ3) is 5.27. The van der Waals surface area contributed by atoms with Crippen LogP contribution in [0.25, 0.3) is 0 Å². The number of nitrogens with zero attached hydrogens (tertiary/aromatic N) is 2. The number of rotatable bonds is 8. The standard InChI is InChI=1S/C15H26FN3/c1-4-9-19(11-10-18(2)3)15(12-17)13-5-7-14(16)8-6-13/h5-8,15H,4,9-12,17H2,1-3H3. The molecule has 0 fully saturated rings. The van der Waals surface area contributed by atoms with Crippen LogP contribution in [0, 0.1) is 5.82 Å².